The smallest absolute Gasteiger partial charge is 0.243 e. The number of nitrogens with two attached hydrogens (primary N) is 1. The molecule has 3 N–H and O–H groups in total. The minimum Gasteiger partial charge on any atom is -0.396 e. The van der Waals surface area contributed by atoms with E-state index in [2.05, 4.69) is 4.72 Å². The summed E-state index contributed by atoms with van der Waals surface area (Å²) in [5.41, 5.74) is 5.79. The lowest BCUT2D eigenvalue weighted by molar-refractivity contribution is 0.544. The second kappa shape index (κ2) is 5.47. The molecule has 8 heteroatoms. The van der Waals surface area contributed by atoms with Gasteiger partial charge in [0.05, 0.1) is 5.69 Å². The van der Waals surface area contributed by atoms with Crippen molar-refractivity contribution in [2.75, 3.05) is 5.73 Å². The molecule has 1 heterocycles. The third-order valence-electron chi connectivity index (χ3n) is 2.73. The molecule has 0 amide bonds. The lowest BCUT2D eigenvalue weighted by Gasteiger charge is -2.08. The Morgan fingerprint density at radius 1 is 1.30 bits per heavy atom. The van der Waals surface area contributed by atoms with Crippen LogP contribution in [0.4, 0.5) is 14.5 Å². The highest BCUT2D eigenvalue weighted by atomic mass is 32.2. The molecule has 0 unspecified atom stereocenters. The van der Waals surface area contributed by atoms with Gasteiger partial charge in [0.1, 0.15) is 16.5 Å². The molecule has 20 heavy (non-hydrogen) atoms. The van der Waals surface area contributed by atoms with Crippen LogP contribution < -0.4 is 10.5 Å². The Labute approximate surface area is 119 Å². The summed E-state index contributed by atoms with van der Waals surface area (Å²) >= 11 is 1.39. The molecule has 0 saturated carbocycles. The molecule has 0 aliphatic carbocycles. The van der Waals surface area contributed by atoms with Gasteiger partial charge in [-0.15, -0.1) is 11.3 Å². The van der Waals surface area contributed by atoms with E-state index in [0.717, 1.165) is 16.5 Å². The maximum Gasteiger partial charge on any atom is 0.243 e. The van der Waals surface area contributed by atoms with Gasteiger partial charge in [0.15, 0.2) is 0 Å². The monoisotopic (exact) mass is 318 g/mol. The molecular formula is C12H12F2N2O2S2. The van der Waals surface area contributed by atoms with Crippen LogP contribution in [0.2, 0.25) is 0 Å². The molecule has 0 fully saturated rings. The van der Waals surface area contributed by atoms with Crippen molar-refractivity contribution < 1.29 is 17.2 Å². The molecule has 0 atom stereocenters. The number of hydrogen-bond acceptors (Lipinski definition) is 4. The van der Waals surface area contributed by atoms with Gasteiger partial charge in [-0.2, -0.15) is 0 Å². The summed E-state index contributed by atoms with van der Waals surface area (Å²) in [6.45, 7) is 1.89. The minimum absolute atomic E-state index is 0.0442. The van der Waals surface area contributed by atoms with Gasteiger partial charge in [0, 0.05) is 17.5 Å². The van der Waals surface area contributed by atoms with Crippen molar-refractivity contribution in [3.05, 3.63) is 45.7 Å². The predicted molar refractivity (Wildman–Crippen MR) is 73.9 cm³/mol. The van der Waals surface area contributed by atoms with Crippen LogP contribution in [-0.4, -0.2) is 8.42 Å². The Morgan fingerprint density at radius 2 is 2.00 bits per heavy atom. The molecule has 0 aliphatic heterocycles. The lowest BCUT2D eigenvalue weighted by Crippen LogP contribution is -2.24. The number of nitrogen functional groups attached to an aromatic ring is 1. The molecular weight excluding hydrogens is 306 g/mol. The maximum absolute atomic E-state index is 13.6. The molecule has 1 aromatic carbocycles. The van der Waals surface area contributed by atoms with E-state index in [4.69, 9.17) is 5.73 Å². The van der Waals surface area contributed by atoms with Gasteiger partial charge in [-0.1, -0.05) is 0 Å². The number of aryl methyl sites for hydroxylation is 1. The highest BCUT2D eigenvalue weighted by Gasteiger charge is 2.21. The molecule has 1 aromatic heterocycles. The molecule has 0 spiro atoms. The van der Waals surface area contributed by atoms with Crippen LogP contribution in [0.15, 0.2) is 28.5 Å². The van der Waals surface area contributed by atoms with Crippen molar-refractivity contribution in [1.29, 1.82) is 0 Å². The quantitative estimate of drug-likeness (QED) is 0.850. The van der Waals surface area contributed by atoms with Crippen molar-refractivity contribution in [3.63, 3.8) is 0 Å². The summed E-state index contributed by atoms with van der Waals surface area (Å²) in [5, 5.41) is 1.83. The van der Waals surface area contributed by atoms with Gasteiger partial charge in [-0.25, -0.2) is 21.9 Å². The minimum atomic E-state index is -4.09. The van der Waals surface area contributed by atoms with E-state index in [-0.39, 0.29) is 6.54 Å². The van der Waals surface area contributed by atoms with Crippen LogP contribution in [0.1, 0.15) is 10.4 Å². The summed E-state index contributed by atoms with van der Waals surface area (Å²) in [5.74, 6) is -2.16. The first-order valence-electron chi connectivity index (χ1n) is 5.58. The van der Waals surface area contributed by atoms with Crippen LogP contribution >= 0.6 is 11.3 Å². The molecule has 2 aromatic rings. The number of rotatable bonds is 4. The lowest BCUT2D eigenvalue weighted by atomic mass is 10.3. The highest BCUT2D eigenvalue weighted by Crippen LogP contribution is 2.22. The van der Waals surface area contributed by atoms with E-state index in [9.17, 15) is 17.2 Å². The first-order valence-corrected chi connectivity index (χ1v) is 7.94. The van der Waals surface area contributed by atoms with Crippen molar-refractivity contribution in [3.8, 4) is 0 Å². The fourth-order valence-electron chi connectivity index (χ4n) is 1.57. The van der Waals surface area contributed by atoms with E-state index >= 15 is 0 Å². The van der Waals surface area contributed by atoms with E-state index in [1.807, 2.05) is 18.4 Å². The molecule has 2 rings (SSSR count). The number of thiophene rings is 1. The third kappa shape index (κ3) is 2.97. The molecule has 108 valence electrons. The number of anilines is 1. The molecule has 0 saturated heterocycles. The SMILES string of the molecule is Cc1ccsc1CNS(=O)(=O)c1cc(N)c(F)cc1F. The van der Waals surface area contributed by atoms with E-state index < -0.39 is 32.2 Å². The second-order valence-corrected chi connectivity index (χ2v) is 6.89. The van der Waals surface area contributed by atoms with Crippen LogP contribution in [0.5, 0.6) is 0 Å². The summed E-state index contributed by atoms with van der Waals surface area (Å²) in [4.78, 5) is 0.162. The van der Waals surface area contributed by atoms with Gasteiger partial charge in [-0.3, -0.25) is 0 Å². The zero-order chi connectivity index (χ0) is 14.9. The van der Waals surface area contributed by atoms with Crippen LogP contribution in [0, 0.1) is 18.6 Å². The summed E-state index contributed by atoms with van der Waals surface area (Å²) < 4.78 is 52.9. The number of benzene rings is 1. The fourth-order valence-corrected chi connectivity index (χ4v) is 3.60. The summed E-state index contributed by atoms with van der Waals surface area (Å²) in [7, 11) is -4.09. The zero-order valence-electron chi connectivity index (χ0n) is 10.5. The van der Waals surface area contributed by atoms with E-state index in [0.29, 0.717) is 6.07 Å². The average molecular weight is 318 g/mol. The largest absolute Gasteiger partial charge is 0.396 e. The molecule has 0 bridgehead atoms. The second-order valence-electron chi connectivity index (χ2n) is 4.16. The van der Waals surface area contributed by atoms with Gasteiger partial charge >= 0.3 is 0 Å². The Hall–Kier alpha value is -1.51. The predicted octanol–water partition coefficient (Wildman–Crippen LogP) is 2.40. The van der Waals surface area contributed by atoms with Gasteiger partial charge in [0.25, 0.3) is 0 Å². The third-order valence-corrected chi connectivity index (χ3v) is 5.17. The summed E-state index contributed by atoms with van der Waals surface area (Å²) in [6, 6.07) is 3.08. The van der Waals surface area contributed by atoms with E-state index in [1.54, 1.807) is 0 Å². The molecule has 0 aliphatic rings. The Bertz CT molecular complexity index is 742. The van der Waals surface area contributed by atoms with Crippen molar-refractivity contribution >= 4 is 27.0 Å². The topological polar surface area (TPSA) is 72.2 Å². The molecule has 4 nitrogen and oxygen atoms in total. The maximum atomic E-state index is 13.6. The van der Waals surface area contributed by atoms with Gasteiger partial charge in [-0.05, 0) is 30.0 Å². The van der Waals surface area contributed by atoms with Crippen molar-refractivity contribution in [1.82, 2.24) is 4.72 Å². The van der Waals surface area contributed by atoms with Crippen LogP contribution in [-0.2, 0) is 16.6 Å². The number of hydrogen-bond donors (Lipinski definition) is 2. The highest BCUT2D eigenvalue weighted by molar-refractivity contribution is 7.89. The van der Waals surface area contributed by atoms with Crippen LogP contribution in [0.3, 0.4) is 0 Å². The van der Waals surface area contributed by atoms with Crippen LogP contribution in [0.25, 0.3) is 0 Å². The van der Waals surface area contributed by atoms with E-state index in [1.165, 1.54) is 11.3 Å². The van der Waals surface area contributed by atoms with Gasteiger partial charge < -0.3 is 5.73 Å². The van der Waals surface area contributed by atoms with Gasteiger partial charge in [0.2, 0.25) is 10.0 Å². The Morgan fingerprint density at radius 3 is 2.60 bits per heavy atom. The average Bonchev–Trinajstić information content (AvgIpc) is 2.77. The number of halogens is 2. The first kappa shape index (κ1) is 14.9. The standard InChI is InChI=1S/C12H12F2N2O2S2/c1-7-2-3-19-11(7)6-16-20(17,18)12-5-10(15)8(13)4-9(12)14/h2-5,16H,6,15H2,1H3. The van der Waals surface area contributed by atoms with Crippen molar-refractivity contribution in [2.24, 2.45) is 0 Å². The fraction of sp³-hybridized carbons (Fsp3) is 0.167. The summed E-state index contributed by atoms with van der Waals surface area (Å²) in [6.07, 6.45) is 0. The Balaban J connectivity index is 2.27. The first-order chi connectivity index (χ1) is 9.31. The normalized spacial score (nSPS) is 11.8. The Kier molecular flexibility index (Phi) is 4.07. The number of sulfonamides is 1. The van der Waals surface area contributed by atoms with Crippen molar-refractivity contribution in [2.45, 2.75) is 18.4 Å². The number of nitrogens with one attached hydrogen (secondary N) is 1. The zero-order valence-corrected chi connectivity index (χ0v) is 12.1. The molecule has 0 radical (unpaired) electrons.